The molecule has 0 radical (unpaired) electrons. The highest BCUT2D eigenvalue weighted by Crippen LogP contribution is 2.47. The molecule has 5 nitrogen and oxygen atoms in total. The fourth-order valence-electron chi connectivity index (χ4n) is 6.78. The second-order valence-corrected chi connectivity index (χ2v) is 10.7. The molecule has 2 aromatic rings. The van der Waals surface area contributed by atoms with Crippen LogP contribution in [0.3, 0.4) is 0 Å². The number of hydrogen-bond acceptors (Lipinski definition) is 5. The number of anilines is 1. The van der Waals surface area contributed by atoms with Crippen LogP contribution in [0.5, 0.6) is 5.75 Å². The van der Waals surface area contributed by atoms with E-state index in [1.54, 1.807) is 14.2 Å². The van der Waals surface area contributed by atoms with Gasteiger partial charge in [-0.2, -0.15) is 0 Å². The van der Waals surface area contributed by atoms with Gasteiger partial charge in [-0.3, -0.25) is 0 Å². The number of nitrogens with zero attached hydrogens (tertiary/aromatic N) is 1. The Morgan fingerprint density at radius 2 is 1.57 bits per heavy atom. The van der Waals surface area contributed by atoms with Crippen molar-refractivity contribution in [3.63, 3.8) is 0 Å². The summed E-state index contributed by atoms with van der Waals surface area (Å²) in [5.41, 5.74) is 5.04. The van der Waals surface area contributed by atoms with Crippen LogP contribution >= 0.6 is 0 Å². The first-order chi connectivity index (χ1) is 17.1. The zero-order valence-electron chi connectivity index (χ0n) is 21.5. The predicted molar refractivity (Wildman–Crippen MR) is 139 cm³/mol. The molecule has 1 saturated heterocycles. The van der Waals surface area contributed by atoms with Crippen LogP contribution in [0.1, 0.15) is 80.6 Å². The molecule has 2 heterocycles. The summed E-state index contributed by atoms with van der Waals surface area (Å²) in [6.45, 7) is 4.17. The lowest BCUT2D eigenvalue weighted by Gasteiger charge is -2.43. The van der Waals surface area contributed by atoms with E-state index in [-0.39, 0.29) is 24.4 Å². The topological polar surface area (TPSA) is 51.2 Å². The number of fused-ring (bicyclic) bond motifs is 1. The van der Waals surface area contributed by atoms with E-state index in [1.807, 2.05) is 12.1 Å². The van der Waals surface area contributed by atoms with Crippen LogP contribution in [0.25, 0.3) is 0 Å². The molecule has 2 aliphatic heterocycles. The van der Waals surface area contributed by atoms with Crippen LogP contribution in [0.15, 0.2) is 42.5 Å². The van der Waals surface area contributed by atoms with E-state index in [0.717, 1.165) is 31.5 Å². The summed E-state index contributed by atoms with van der Waals surface area (Å²) in [4.78, 5) is 2.48. The van der Waals surface area contributed by atoms with E-state index >= 15 is 0 Å². The van der Waals surface area contributed by atoms with E-state index in [9.17, 15) is 5.11 Å². The van der Waals surface area contributed by atoms with Crippen molar-refractivity contribution in [3.8, 4) is 5.75 Å². The SMILES string of the molecule is COC(OC)C1CCN(c2ccc([C@@H]3c4ccc(O)cc4[C@@H](C)O[C@H]3C3CCCCC3)cc2)CC1. The number of phenols is 1. The molecule has 2 fully saturated rings. The Labute approximate surface area is 210 Å². The van der Waals surface area contributed by atoms with Crippen LogP contribution in [0, 0.1) is 11.8 Å². The molecule has 190 valence electrons. The van der Waals surface area contributed by atoms with Gasteiger partial charge in [-0.15, -0.1) is 0 Å². The average molecular weight is 480 g/mol. The molecule has 1 N–H and O–H groups in total. The van der Waals surface area contributed by atoms with Gasteiger partial charge in [0.05, 0.1) is 12.2 Å². The minimum Gasteiger partial charge on any atom is -0.508 e. The van der Waals surface area contributed by atoms with Crippen molar-refractivity contribution in [3.05, 3.63) is 59.2 Å². The number of ether oxygens (including phenoxy) is 3. The Kier molecular flexibility index (Phi) is 7.66. The molecular formula is C30H41NO4. The fraction of sp³-hybridized carbons (Fsp3) is 0.600. The van der Waals surface area contributed by atoms with Gasteiger partial charge in [0, 0.05) is 44.8 Å². The van der Waals surface area contributed by atoms with Gasteiger partial charge in [0.2, 0.25) is 0 Å². The Hall–Kier alpha value is -2.08. The first kappa shape index (κ1) is 24.6. The zero-order valence-corrected chi connectivity index (χ0v) is 21.5. The van der Waals surface area contributed by atoms with Crippen molar-refractivity contribution in [1.29, 1.82) is 0 Å². The molecule has 0 bridgehead atoms. The van der Waals surface area contributed by atoms with Crippen LogP contribution in [-0.4, -0.2) is 44.8 Å². The minimum atomic E-state index is -0.107. The summed E-state index contributed by atoms with van der Waals surface area (Å²) in [6.07, 6.45) is 8.67. The van der Waals surface area contributed by atoms with Crippen molar-refractivity contribution >= 4 is 5.69 Å². The lowest BCUT2D eigenvalue weighted by atomic mass is 9.72. The highest BCUT2D eigenvalue weighted by Gasteiger charge is 2.40. The maximum atomic E-state index is 10.2. The number of hydrogen-bond donors (Lipinski definition) is 1. The predicted octanol–water partition coefficient (Wildman–Crippen LogP) is 6.40. The molecule has 2 aromatic carbocycles. The maximum absolute atomic E-state index is 10.2. The van der Waals surface area contributed by atoms with Gasteiger partial charge in [-0.05, 0) is 79.5 Å². The fourth-order valence-corrected chi connectivity index (χ4v) is 6.78. The van der Waals surface area contributed by atoms with Gasteiger partial charge < -0.3 is 24.2 Å². The summed E-state index contributed by atoms with van der Waals surface area (Å²) in [5, 5.41) is 10.2. The van der Waals surface area contributed by atoms with E-state index in [0.29, 0.717) is 17.6 Å². The molecule has 0 spiro atoms. The molecule has 1 saturated carbocycles. The van der Waals surface area contributed by atoms with Crippen molar-refractivity contribution in [1.82, 2.24) is 0 Å². The highest BCUT2D eigenvalue weighted by molar-refractivity contribution is 5.51. The third-order valence-electron chi connectivity index (χ3n) is 8.65. The highest BCUT2D eigenvalue weighted by atomic mass is 16.7. The smallest absolute Gasteiger partial charge is 0.159 e. The average Bonchev–Trinajstić information content (AvgIpc) is 2.91. The molecular weight excluding hydrogens is 438 g/mol. The standard InChI is InChI=1S/C30H41NO4/c1-20-27-19-25(32)13-14-26(27)28(29(35-20)22-7-5-4-6-8-22)21-9-11-24(12-10-21)31-17-15-23(16-18-31)30(33-2)34-3/h9-14,19-20,22-23,28-30,32H,4-8,15-18H2,1-3H3/t20-,28-,29+/m1/s1. The molecule has 35 heavy (non-hydrogen) atoms. The van der Waals surface area contributed by atoms with E-state index in [1.165, 1.54) is 48.9 Å². The van der Waals surface area contributed by atoms with Gasteiger partial charge in [-0.1, -0.05) is 37.5 Å². The van der Waals surface area contributed by atoms with Gasteiger partial charge in [0.15, 0.2) is 6.29 Å². The maximum Gasteiger partial charge on any atom is 0.159 e. The summed E-state index contributed by atoms with van der Waals surface area (Å²) in [7, 11) is 3.46. The van der Waals surface area contributed by atoms with Crippen molar-refractivity contribution in [2.75, 3.05) is 32.2 Å². The lowest BCUT2D eigenvalue weighted by molar-refractivity contribution is -0.141. The molecule has 0 amide bonds. The number of benzene rings is 2. The zero-order chi connectivity index (χ0) is 24.4. The Bertz CT molecular complexity index is 959. The summed E-state index contributed by atoms with van der Waals surface area (Å²) >= 11 is 0. The van der Waals surface area contributed by atoms with Crippen LogP contribution in [-0.2, 0) is 14.2 Å². The third-order valence-corrected chi connectivity index (χ3v) is 8.65. The minimum absolute atomic E-state index is 0.00359. The van der Waals surface area contributed by atoms with Gasteiger partial charge in [0.1, 0.15) is 5.75 Å². The largest absolute Gasteiger partial charge is 0.508 e. The number of phenolic OH excluding ortho intramolecular Hbond substituents is 1. The number of aromatic hydroxyl groups is 1. The number of rotatable bonds is 6. The van der Waals surface area contributed by atoms with E-state index < -0.39 is 0 Å². The molecule has 5 heteroatoms. The van der Waals surface area contributed by atoms with Crippen molar-refractivity contribution in [2.45, 2.75) is 76.3 Å². The van der Waals surface area contributed by atoms with E-state index in [4.69, 9.17) is 14.2 Å². The van der Waals surface area contributed by atoms with Crippen LogP contribution in [0.4, 0.5) is 5.69 Å². The Balaban J connectivity index is 1.38. The summed E-state index contributed by atoms with van der Waals surface area (Å²) in [6, 6.07) is 15.1. The quantitative estimate of drug-likeness (QED) is 0.486. The third kappa shape index (κ3) is 5.09. The molecule has 3 aliphatic rings. The molecule has 0 unspecified atom stereocenters. The van der Waals surface area contributed by atoms with Crippen LogP contribution in [0.2, 0.25) is 0 Å². The number of methoxy groups -OCH3 is 2. The monoisotopic (exact) mass is 479 g/mol. The van der Waals surface area contributed by atoms with Crippen molar-refractivity contribution < 1.29 is 19.3 Å². The molecule has 0 aromatic heterocycles. The molecule has 3 atom stereocenters. The van der Waals surface area contributed by atoms with Gasteiger partial charge in [0.25, 0.3) is 0 Å². The van der Waals surface area contributed by atoms with Crippen molar-refractivity contribution in [2.24, 2.45) is 11.8 Å². The van der Waals surface area contributed by atoms with E-state index in [2.05, 4.69) is 42.2 Å². The second-order valence-electron chi connectivity index (χ2n) is 10.7. The first-order valence-corrected chi connectivity index (χ1v) is 13.5. The summed E-state index contributed by atoms with van der Waals surface area (Å²) < 4.78 is 17.7. The van der Waals surface area contributed by atoms with Gasteiger partial charge in [-0.25, -0.2) is 0 Å². The Morgan fingerprint density at radius 1 is 0.886 bits per heavy atom. The first-order valence-electron chi connectivity index (χ1n) is 13.5. The van der Waals surface area contributed by atoms with Crippen LogP contribution < -0.4 is 4.90 Å². The normalized spacial score (nSPS) is 26.2. The number of piperidine rings is 1. The molecule has 5 rings (SSSR count). The van der Waals surface area contributed by atoms with Gasteiger partial charge >= 0.3 is 0 Å². The summed E-state index contributed by atoms with van der Waals surface area (Å²) in [5.74, 6) is 1.56. The molecule has 1 aliphatic carbocycles. The second kappa shape index (κ2) is 10.9. The Morgan fingerprint density at radius 3 is 2.23 bits per heavy atom. The lowest BCUT2D eigenvalue weighted by Crippen LogP contribution is -2.39.